The van der Waals surface area contributed by atoms with Crippen molar-refractivity contribution in [1.82, 2.24) is 4.90 Å². The van der Waals surface area contributed by atoms with Crippen LogP contribution >= 0.6 is 11.8 Å². The average Bonchev–Trinajstić information content (AvgIpc) is 3.00. The van der Waals surface area contributed by atoms with Gasteiger partial charge in [0, 0.05) is 36.2 Å². The monoisotopic (exact) mass is 228 g/mol. The van der Waals surface area contributed by atoms with Gasteiger partial charge in [-0.05, 0) is 32.1 Å². The van der Waals surface area contributed by atoms with Gasteiger partial charge in [0.1, 0.15) is 0 Å². The molecule has 0 radical (unpaired) electrons. The molecule has 1 aliphatic carbocycles. The molecule has 2 rings (SSSR count). The third kappa shape index (κ3) is 3.11. The van der Waals surface area contributed by atoms with E-state index < -0.39 is 0 Å². The van der Waals surface area contributed by atoms with Crippen molar-refractivity contribution >= 4 is 11.8 Å². The van der Waals surface area contributed by atoms with E-state index in [-0.39, 0.29) is 5.54 Å². The summed E-state index contributed by atoms with van der Waals surface area (Å²) in [5.41, 5.74) is 6.46. The van der Waals surface area contributed by atoms with E-state index in [0.717, 1.165) is 17.7 Å². The predicted molar refractivity (Wildman–Crippen MR) is 68.3 cm³/mol. The Kier molecular flexibility index (Phi) is 3.63. The Morgan fingerprint density at radius 2 is 2.20 bits per heavy atom. The lowest BCUT2D eigenvalue weighted by Crippen LogP contribution is -2.52. The van der Waals surface area contributed by atoms with E-state index in [2.05, 4.69) is 30.5 Å². The first-order valence-electron chi connectivity index (χ1n) is 6.24. The first-order chi connectivity index (χ1) is 7.12. The summed E-state index contributed by atoms with van der Waals surface area (Å²) in [6, 6.07) is 0. The lowest BCUT2D eigenvalue weighted by Gasteiger charge is -2.37. The highest BCUT2D eigenvalue weighted by molar-refractivity contribution is 8.00. The van der Waals surface area contributed by atoms with E-state index in [1.807, 2.05) is 0 Å². The lowest BCUT2D eigenvalue weighted by molar-refractivity contribution is 0.207. The highest BCUT2D eigenvalue weighted by Crippen LogP contribution is 2.38. The normalized spacial score (nSPS) is 32.6. The maximum absolute atomic E-state index is 6.39. The van der Waals surface area contributed by atoms with Crippen molar-refractivity contribution in [3.63, 3.8) is 0 Å². The van der Waals surface area contributed by atoms with Crippen molar-refractivity contribution < 1.29 is 0 Å². The van der Waals surface area contributed by atoms with E-state index in [9.17, 15) is 0 Å². The number of hydrogen-bond donors (Lipinski definition) is 1. The molecule has 0 spiro atoms. The van der Waals surface area contributed by atoms with Crippen LogP contribution in [-0.2, 0) is 0 Å². The van der Waals surface area contributed by atoms with Crippen LogP contribution < -0.4 is 5.73 Å². The van der Waals surface area contributed by atoms with E-state index in [0.29, 0.717) is 0 Å². The number of rotatable bonds is 4. The molecule has 2 fully saturated rings. The summed E-state index contributed by atoms with van der Waals surface area (Å²) < 4.78 is 0. The van der Waals surface area contributed by atoms with Crippen molar-refractivity contribution in [2.75, 3.05) is 25.4 Å². The molecule has 0 amide bonds. The predicted octanol–water partition coefficient (Wildman–Crippen LogP) is 1.94. The molecule has 1 aliphatic heterocycles. The largest absolute Gasteiger partial charge is 0.324 e. The van der Waals surface area contributed by atoms with Crippen molar-refractivity contribution in [2.24, 2.45) is 11.7 Å². The Morgan fingerprint density at radius 3 is 2.80 bits per heavy atom. The molecule has 2 unspecified atom stereocenters. The lowest BCUT2D eigenvalue weighted by atomic mass is 9.96. The van der Waals surface area contributed by atoms with Crippen molar-refractivity contribution in [3.05, 3.63) is 0 Å². The SMILES string of the molecule is CCC1CN(CC(C)(N)C2CC2)CCS1. The third-order valence-corrected chi connectivity index (χ3v) is 5.12. The maximum Gasteiger partial charge on any atom is 0.0283 e. The Balaban J connectivity index is 1.82. The number of nitrogens with two attached hydrogens (primary N) is 1. The first kappa shape index (κ1) is 11.7. The number of hydrogen-bond acceptors (Lipinski definition) is 3. The summed E-state index contributed by atoms with van der Waals surface area (Å²) in [4.78, 5) is 2.59. The Morgan fingerprint density at radius 1 is 1.47 bits per heavy atom. The Bertz CT molecular complexity index is 214. The van der Waals surface area contributed by atoms with Crippen LogP contribution in [0.3, 0.4) is 0 Å². The maximum atomic E-state index is 6.39. The summed E-state index contributed by atoms with van der Waals surface area (Å²) in [5, 5.41) is 0.841. The molecule has 2 aliphatic rings. The molecule has 0 aromatic rings. The smallest absolute Gasteiger partial charge is 0.0283 e. The molecule has 3 heteroatoms. The summed E-state index contributed by atoms with van der Waals surface area (Å²) >= 11 is 2.13. The van der Waals surface area contributed by atoms with Crippen LogP contribution in [0.5, 0.6) is 0 Å². The van der Waals surface area contributed by atoms with Gasteiger partial charge in [-0.25, -0.2) is 0 Å². The van der Waals surface area contributed by atoms with Gasteiger partial charge in [0.15, 0.2) is 0 Å². The second kappa shape index (κ2) is 4.64. The second-order valence-corrected chi connectivity index (χ2v) is 6.82. The minimum atomic E-state index is 0.0697. The molecule has 1 heterocycles. The molecule has 0 aromatic carbocycles. The molecule has 2 atom stereocenters. The quantitative estimate of drug-likeness (QED) is 0.797. The molecule has 2 nitrogen and oxygen atoms in total. The molecule has 0 bridgehead atoms. The third-order valence-electron chi connectivity index (χ3n) is 3.75. The molecule has 1 saturated carbocycles. The minimum absolute atomic E-state index is 0.0697. The summed E-state index contributed by atoms with van der Waals surface area (Å²) in [5.74, 6) is 2.09. The average molecular weight is 228 g/mol. The highest BCUT2D eigenvalue weighted by Gasteiger charge is 2.39. The summed E-state index contributed by atoms with van der Waals surface area (Å²) in [6.45, 7) is 8.13. The van der Waals surface area contributed by atoms with Gasteiger partial charge in [-0.1, -0.05) is 6.92 Å². The molecule has 0 aromatic heterocycles. The van der Waals surface area contributed by atoms with E-state index in [1.165, 1.54) is 38.1 Å². The van der Waals surface area contributed by atoms with Gasteiger partial charge in [-0.15, -0.1) is 0 Å². The Labute approximate surface area is 98.0 Å². The number of nitrogens with zero attached hydrogens (tertiary/aromatic N) is 1. The molecular weight excluding hydrogens is 204 g/mol. The molecule has 15 heavy (non-hydrogen) atoms. The van der Waals surface area contributed by atoms with E-state index in [4.69, 9.17) is 5.73 Å². The minimum Gasteiger partial charge on any atom is -0.324 e. The molecular formula is C12H24N2S. The zero-order valence-electron chi connectivity index (χ0n) is 10.0. The molecule has 1 saturated heterocycles. The highest BCUT2D eigenvalue weighted by atomic mass is 32.2. The van der Waals surface area contributed by atoms with Crippen LogP contribution in [0.2, 0.25) is 0 Å². The zero-order valence-corrected chi connectivity index (χ0v) is 10.9. The van der Waals surface area contributed by atoms with Gasteiger partial charge in [0.05, 0.1) is 0 Å². The van der Waals surface area contributed by atoms with Crippen molar-refractivity contribution in [2.45, 2.75) is 43.9 Å². The van der Waals surface area contributed by atoms with Crippen LogP contribution in [-0.4, -0.2) is 41.1 Å². The topological polar surface area (TPSA) is 29.3 Å². The zero-order chi connectivity index (χ0) is 10.9. The summed E-state index contributed by atoms with van der Waals surface area (Å²) in [7, 11) is 0. The Hall–Kier alpha value is 0.270. The fourth-order valence-electron chi connectivity index (χ4n) is 2.52. The van der Waals surface area contributed by atoms with Gasteiger partial charge < -0.3 is 5.73 Å². The van der Waals surface area contributed by atoms with Crippen LogP contribution in [0.4, 0.5) is 0 Å². The van der Waals surface area contributed by atoms with Gasteiger partial charge in [-0.2, -0.15) is 11.8 Å². The van der Waals surface area contributed by atoms with Gasteiger partial charge in [0.25, 0.3) is 0 Å². The second-order valence-electron chi connectivity index (χ2n) is 5.42. The van der Waals surface area contributed by atoms with Crippen LogP contribution in [0, 0.1) is 5.92 Å². The van der Waals surface area contributed by atoms with Gasteiger partial charge >= 0.3 is 0 Å². The van der Waals surface area contributed by atoms with Crippen LogP contribution in [0.25, 0.3) is 0 Å². The van der Waals surface area contributed by atoms with E-state index in [1.54, 1.807) is 0 Å². The molecule has 88 valence electrons. The fraction of sp³-hybridized carbons (Fsp3) is 1.00. The first-order valence-corrected chi connectivity index (χ1v) is 7.29. The van der Waals surface area contributed by atoms with Crippen molar-refractivity contribution in [1.29, 1.82) is 0 Å². The summed E-state index contributed by atoms with van der Waals surface area (Å²) in [6.07, 6.45) is 4.01. The standard InChI is InChI=1S/C12H24N2S/c1-3-11-8-14(6-7-15-11)9-12(2,13)10-4-5-10/h10-11H,3-9,13H2,1-2H3. The van der Waals surface area contributed by atoms with Crippen molar-refractivity contribution in [3.8, 4) is 0 Å². The fourth-order valence-corrected chi connectivity index (χ4v) is 3.77. The van der Waals surface area contributed by atoms with Gasteiger partial charge in [0.2, 0.25) is 0 Å². The van der Waals surface area contributed by atoms with Gasteiger partial charge in [-0.3, -0.25) is 4.90 Å². The van der Waals surface area contributed by atoms with Crippen LogP contribution in [0.15, 0.2) is 0 Å². The van der Waals surface area contributed by atoms with Crippen LogP contribution in [0.1, 0.15) is 33.1 Å². The molecule has 2 N–H and O–H groups in total. The van der Waals surface area contributed by atoms with E-state index >= 15 is 0 Å². The number of thioether (sulfide) groups is 1.